The van der Waals surface area contributed by atoms with Crippen LogP contribution >= 0.6 is 34.3 Å². The van der Waals surface area contributed by atoms with Gasteiger partial charge in [-0.25, -0.2) is 9.97 Å². The van der Waals surface area contributed by atoms with E-state index < -0.39 is 0 Å². The van der Waals surface area contributed by atoms with E-state index >= 15 is 0 Å². The number of thiophene rings is 2. The first kappa shape index (κ1) is 21.3. The Morgan fingerprint density at radius 1 is 1.30 bits per heavy atom. The van der Waals surface area contributed by atoms with Gasteiger partial charge in [-0.15, -0.1) is 29.3 Å². The van der Waals surface area contributed by atoms with Crippen LogP contribution in [0.25, 0.3) is 10.2 Å². The molecule has 0 saturated carbocycles. The molecule has 1 aliphatic rings. The Morgan fingerprint density at radius 2 is 2.07 bits per heavy atom. The number of fused-ring (bicyclic) bond motifs is 1. The van der Waals surface area contributed by atoms with Crippen LogP contribution in [-0.2, 0) is 11.3 Å². The number of aromatic nitrogens is 2. The highest BCUT2D eigenvalue weighted by molar-refractivity contribution is 7.18. The SMILES string of the molecule is C=CCN(Cc1ccc(Cl)s1)C(=O)C1CCN(c2ncnc3sc(C)c(C)c23)CC1. The van der Waals surface area contributed by atoms with Crippen molar-refractivity contribution in [2.24, 2.45) is 5.92 Å². The molecular formula is C22H25ClN4OS2. The predicted octanol–water partition coefficient (Wildman–Crippen LogP) is 5.45. The smallest absolute Gasteiger partial charge is 0.226 e. The highest BCUT2D eigenvalue weighted by Crippen LogP contribution is 2.36. The molecule has 158 valence electrons. The van der Waals surface area contributed by atoms with E-state index in [2.05, 4.69) is 35.3 Å². The fourth-order valence-corrected chi connectivity index (χ4v) is 6.11. The Kier molecular flexibility index (Phi) is 6.41. The Bertz CT molecular complexity index is 1070. The molecule has 1 amide bonds. The van der Waals surface area contributed by atoms with Crippen LogP contribution in [0.5, 0.6) is 0 Å². The lowest BCUT2D eigenvalue weighted by Crippen LogP contribution is -2.42. The molecule has 0 spiro atoms. The largest absolute Gasteiger partial charge is 0.356 e. The van der Waals surface area contributed by atoms with Crippen molar-refractivity contribution in [2.75, 3.05) is 24.5 Å². The van der Waals surface area contributed by atoms with E-state index in [1.807, 2.05) is 17.0 Å². The standard InChI is InChI=1S/C22H25ClN4OS2/c1-4-9-27(12-17-5-6-18(23)30-17)22(28)16-7-10-26(11-8-16)20-19-14(2)15(3)29-21(19)25-13-24-20/h4-6,13,16H,1,7-12H2,2-3H3. The molecule has 4 heterocycles. The van der Waals surface area contributed by atoms with Gasteiger partial charge in [-0.05, 0) is 44.4 Å². The topological polar surface area (TPSA) is 49.3 Å². The van der Waals surface area contributed by atoms with Gasteiger partial charge in [0, 0.05) is 35.3 Å². The average Bonchev–Trinajstić information content (AvgIpc) is 3.29. The molecule has 0 unspecified atom stereocenters. The Balaban J connectivity index is 1.46. The molecule has 3 aromatic rings. The number of aryl methyl sites for hydroxylation is 2. The number of carbonyl (C=O) groups excluding carboxylic acids is 1. The van der Waals surface area contributed by atoms with Gasteiger partial charge in [0.25, 0.3) is 0 Å². The molecule has 30 heavy (non-hydrogen) atoms. The summed E-state index contributed by atoms with van der Waals surface area (Å²) in [5.74, 6) is 1.23. The third-order valence-corrected chi connectivity index (χ3v) is 8.06. The molecule has 1 saturated heterocycles. The Labute approximate surface area is 190 Å². The van der Waals surface area contributed by atoms with Crippen LogP contribution < -0.4 is 4.90 Å². The summed E-state index contributed by atoms with van der Waals surface area (Å²) in [6.45, 7) is 10.9. The average molecular weight is 461 g/mol. The third kappa shape index (κ3) is 4.24. The highest BCUT2D eigenvalue weighted by atomic mass is 35.5. The number of nitrogens with zero attached hydrogens (tertiary/aromatic N) is 4. The second-order valence-corrected chi connectivity index (χ2v) is 10.6. The van der Waals surface area contributed by atoms with Gasteiger partial charge in [0.15, 0.2) is 0 Å². The van der Waals surface area contributed by atoms with Crippen molar-refractivity contribution >= 4 is 56.2 Å². The summed E-state index contributed by atoms with van der Waals surface area (Å²) >= 11 is 9.30. The molecule has 3 aromatic heterocycles. The predicted molar refractivity (Wildman–Crippen MR) is 127 cm³/mol. The summed E-state index contributed by atoms with van der Waals surface area (Å²) < 4.78 is 0.749. The van der Waals surface area contributed by atoms with E-state index in [0.29, 0.717) is 13.1 Å². The van der Waals surface area contributed by atoms with Crippen molar-refractivity contribution < 1.29 is 4.79 Å². The van der Waals surface area contributed by atoms with E-state index in [4.69, 9.17) is 11.6 Å². The van der Waals surface area contributed by atoms with Gasteiger partial charge in [0.05, 0.1) is 16.3 Å². The fraction of sp³-hybridized carbons (Fsp3) is 0.409. The number of halogens is 1. The molecule has 0 bridgehead atoms. The monoisotopic (exact) mass is 460 g/mol. The lowest BCUT2D eigenvalue weighted by atomic mass is 9.95. The van der Waals surface area contributed by atoms with Crippen molar-refractivity contribution in [3.63, 3.8) is 0 Å². The number of anilines is 1. The first-order valence-electron chi connectivity index (χ1n) is 10.1. The lowest BCUT2D eigenvalue weighted by molar-refractivity contribution is -0.136. The normalized spacial score (nSPS) is 15.0. The summed E-state index contributed by atoms with van der Waals surface area (Å²) in [5, 5.41) is 1.16. The Hall–Kier alpha value is -1.96. The number of rotatable bonds is 6. The second kappa shape index (κ2) is 9.04. The highest BCUT2D eigenvalue weighted by Gasteiger charge is 2.30. The van der Waals surface area contributed by atoms with Gasteiger partial charge in [0.2, 0.25) is 5.91 Å². The van der Waals surface area contributed by atoms with Gasteiger partial charge < -0.3 is 9.80 Å². The minimum atomic E-state index is 0.0271. The molecule has 0 N–H and O–H groups in total. The molecule has 0 aliphatic carbocycles. The molecule has 8 heteroatoms. The quantitative estimate of drug-likeness (QED) is 0.458. The maximum absolute atomic E-state index is 13.2. The van der Waals surface area contributed by atoms with Crippen molar-refractivity contribution in [1.82, 2.24) is 14.9 Å². The minimum absolute atomic E-state index is 0.0271. The molecule has 1 fully saturated rings. The van der Waals surface area contributed by atoms with Crippen LogP contribution in [0.2, 0.25) is 4.34 Å². The summed E-state index contributed by atoms with van der Waals surface area (Å²) in [5.41, 5.74) is 1.26. The third-order valence-electron chi connectivity index (χ3n) is 5.73. The van der Waals surface area contributed by atoms with Crippen LogP contribution in [0.15, 0.2) is 31.1 Å². The summed E-state index contributed by atoms with van der Waals surface area (Å²) in [6, 6.07) is 3.87. The Morgan fingerprint density at radius 3 is 2.73 bits per heavy atom. The molecule has 0 radical (unpaired) electrons. The molecule has 4 rings (SSSR count). The van der Waals surface area contributed by atoms with Crippen LogP contribution in [0, 0.1) is 19.8 Å². The lowest BCUT2D eigenvalue weighted by Gasteiger charge is -2.34. The maximum atomic E-state index is 13.2. The summed E-state index contributed by atoms with van der Waals surface area (Å²) in [4.78, 5) is 29.9. The number of hydrogen-bond donors (Lipinski definition) is 0. The van der Waals surface area contributed by atoms with Gasteiger partial charge in [-0.1, -0.05) is 17.7 Å². The zero-order valence-electron chi connectivity index (χ0n) is 17.2. The zero-order valence-corrected chi connectivity index (χ0v) is 19.6. The van der Waals surface area contributed by atoms with Crippen LogP contribution in [0.3, 0.4) is 0 Å². The number of carbonyl (C=O) groups is 1. The molecule has 1 aliphatic heterocycles. The second-order valence-electron chi connectivity index (χ2n) is 7.64. The van der Waals surface area contributed by atoms with E-state index in [1.165, 1.54) is 21.8 Å². The number of amides is 1. The number of hydrogen-bond acceptors (Lipinski definition) is 6. The van der Waals surface area contributed by atoms with E-state index in [1.54, 1.807) is 23.7 Å². The van der Waals surface area contributed by atoms with Crippen molar-refractivity contribution in [2.45, 2.75) is 33.2 Å². The van der Waals surface area contributed by atoms with Gasteiger partial charge in [0.1, 0.15) is 17.0 Å². The van der Waals surface area contributed by atoms with Crippen molar-refractivity contribution in [3.8, 4) is 0 Å². The molecular weight excluding hydrogens is 436 g/mol. The molecule has 5 nitrogen and oxygen atoms in total. The molecule has 0 aromatic carbocycles. The van der Waals surface area contributed by atoms with Gasteiger partial charge in [-0.2, -0.15) is 0 Å². The maximum Gasteiger partial charge on any atom is 0.226 e. The van der Waals surface area contributed by atoms with Crippen LogP contribution in [0.1, 0.15) is 28.2 Å². The zero-order chi connectivity index (χ0) is 21.3. The summed E-state index contributed by atoms with van der Waals surface area (Å²) in [7, 11) is 0. The van der Waals surface area contributed by atoms with Crippen molar-refractivity contribution in [1.29, 1.82) is 0 Å². The van der Waals surface area contributed by atoms with Crippen molar-refractivity contribution in [3.05, 3.63) is 50.8 Å². The van der Waals surface area contributed by atoms with Gasteiger partial charge >= 0.3 is 0 Å². The minimum Gasteiger partial charge on any atom is -0.356 e. The van der Waals surface area contributed by atoms with Crippen LogP contribution in [0.4, 0.5) is 5.82 Å². The van der Waals surface area contributed by atoms with Gasteiger partial charge in [-0.3, -0.25) is 4.79 Å². The first-order valence-corrected chi connectivity index (χ1v) is 12.1. The fourth-order valence-electron chi connectivity index (χ4n) is 4.01. The van der Waals surface area contributed by atoms with E-state index in [9.17, 15) is 4.79 Å². The first-order chi connectivity index (χ1) is 14.5. The summed E-state index contributed by atoms with van der Waals surface area (Å²) in [6.07, 6.45) is 5.10. The number of piperidine rings is 1. The van der Waals surface area contributed by atoms with Crippen LogP contribution in [-0.4, -0.2) is 40.4 Å². The molecule has 0 atom stereocenters. The van der Waals surface area contributed by atoms with E-state index in [-0.39, 0.29) is 11.8 Å². The van der Waals surface area contributed by atoms with E-state index in [0.717, 1.165) is 51.2 Å².